The number of amides is 1. The number of hydrogen-bond donors (Lipinski definition) is 1. The highest BCUT2D eigenvalue weighted by Crippen LogP contribution is 2.26. The first-order valence-corrected chi connectivity index (χ1v) is 6.36. The third-order valence-corrected chi connectivity index (χ3v) is 3.58. The topological polar surface area (TPSA) is 29.1 Å². The predicted octanol–water partition coefficient (Wildman–Crippen LogP) is 4.63. The molecule has 0 heterocycles. The summed E-state index contributed by atoms with van der Waals surface area (Å²) in [4.78, 5) is 11.8. The van der Waals surface area contributed by atoms with Crippen LogP contribution in [-0.2, 0) is 0 Å². The summed E-state index contributed by atoms with van der Waals surface area (Å²) in [6.07, 6.45) is 0. The monoisotopic (exact) mass is 345 g/mol. The first-order chi connectivity index (χ1) is 8.97. The van der Waals surface area contributed by atoms with Crippen LogP contribution in [0.5, 0.6) is 0 Å². The van der Waals surface area contributed by atoms with E-state index >= 15 is 0 Å². The van der Waals surface area contributed by atoms with Crippen molar-refractivity contribution in [3.8, 4) is 0 Å². The van der Waals surface area contributed by atoms with Gasteiger partial charge in [0, 0.05) is 10.2 Å². The highest BCUT2D eigenvalue weighted by atomic mass is 79.9. The molecule has 0 fully saturated rings. The van der Waals surface area contributed by atoms with Crippen LogP contribution in [0.4, 0.5) is 14.5 Å². The fourth-order valence-electron chi connectivity index (χ4n) is 1.44. The van der Waals surface area contributed by atoms with E-state index in [4.69, 9.17) is 11.6 Å². The maximum absolute atomic E-state index is 13.4. The molecule has 0 saturated carbocycles. The molecule has 0 aliphatic heterocycles. The van der Waals surface area contributed by atoms with E-state index in [0.717, 1.165) is 18.2 Å². The zero-order chi connectivity index (χ0) is 14.0. The van der Waals surface area contributed by atoms with E-state index in [-0.39, 0.29) is 5.56 Å². The van der Waals surface area contributed by atoms with Gasteiger partial charge in [-0.3, -0.25) is 4.79 Å². The molecule has 0 aromatic heterocycles. The number of nitrogens with one attached hydrogen (secondary N) is 1. The summed E-state index contributed by atoms with van der Waals surface area (Å²) in [5.74, 6) is -2.21. The lowest BCUT2D eigenvalue weighted by Gasteiger charge is -2.07. The van der Waals surface area contributed by atoms with Crippen molar-refractivity contribution in [2.24, 2.45) is 0 Å². The van der Waals surface area contributed by atoms with Crippen LogP contribution in [0.2, 0.25) is 5.02 Å². The van der Waals surface area contributed by atoms with Crippen LogP contribution >= 0.6 is 27.5 Å². The molecule has 2 rings (SSSR count). The number of benzene rings is 2. The molecule has 0 bridgehead atoms. The Morgan fingerprint density at radius 2 is 1.89 bits per heavy atom. The first-order valence-electron chi connectivity index (χ1n) is 5.19. The molecular formula is C13H7BrClF2NO. The summed E-state index contributed by atoms with van der Waals surface area (Å²) in [5.41, 5.74) is 0.0286. The minimum absolute atomic E-state index is 0.362. The lowest BCUT2D eigenvalue weighted by Crippen LogP contribution is -2.14. The smallest absolute Gasteiger partial charge is 0.258 e. The second-order valence-corrected chi connectivity index (χ2v) is 4.97. The molecule has 2 aromatic carbocycles. The average Bonchev–Trinajstić information content (AvgIpc) is 2.36. The first kappa shape index (κ1) is 14.0. The summed E-state index contributed by atoms with van der Waals surface area (Å²) in [7, 11) is 0. The molecule has 0 saturated heterocycles. The van der Waals surface area contributed by atoms with E-state index in [1.807, 2.05) is 0 Å². The van der Waals surface area contributed by atoms with Crippen molar-refractivity contribution in [3.05, 3.63) is 63.1 Å². The third-order valence-electron chi connectivity index (χ3n) is 2.35. The zero-order valence-electron chi connectivity index (χ0n) is 9.38. The summed E-state index contributed by atoms with van der Waals surface area (Å²) in [6.45, 7) is 0. The van der Waals surface area contributed by atoms with Crippen LogP contribution in [0, 0.1) is 11.6 Å². The molecule has 0 aliphatic carbocycles. The standard InChI is InChI=1S/C13H7BrClF2NO/c14-10-3-2-8(6-11(10)15)18-13(19)9-5-7(16)1-4-12(9)17/h1-6H,(H,18,19). The second-order valence-electron chi connectivity index (χ2n) is 3.71. The minimum atomic E-state index is -0.790. The average molecular weight is 347 g/mol. The second kappa shape index (κ2) is 5.67. The van der Waals surface area contributed by atoms with Crippen molar-refractivity contribution in [2.75, 3.05) is 5.32 Å². The number of halogens is 4. The van der Waals surface area contributed by atoms with Crippen LogP contribution in [0.3, 0.4) is 0 Å². The number of carbonyl (C=O) groups is 1. The van der Waals surface area contributed by atoms with Gasteiger partial charge in [-0.25, -0.2) is 8.78 Å². The molecule has 0 radical (unpaired) electrons. The van der Waals surface area contributed by atoms with Gasteiger partial charge in [-0.2, -0.15) is 0 Å². The maximum Gasteiger partial charge on any atom is 0.258 e. The summed E-state index contributed by atoms with van der Waals surface area (Å²) in [5, 5.41) is 2.84. The van der Waals surface area contributed by atoms with Crippen LogP contribution < -0.4 is 5.32 Å². The van der Waals surface area contributed by atoms with Crippen molar-refractivity contribution in [2.45, 2.75) is 0 Å². The number of anilines is 1. The lowest BCUT2D eigenvalue weighted by molar-refractivity contribution is 0.102. The van der Waals surface area contributed by atoms with E-state index in [0.29, 0.717) is 15.2 Å². The van der Waals surface area contributed by atoms with Crippen molar-refractivity contribution in [3.63, 3.8) is 0 Å². The molecule has 1 N–H and O–H groups in total. The Bertz CT molecular complexity index is 649. The Morgan fingerprint density at radius 3 is 2.58 bits per heavy atom. The summed E-state index contributed by atoms with van der Waals surface area (Å²) >= 11 is 9.07. The molecule has 19 heavy (non-hydrogen) atoms. The van der Waals surface area contributed by atoms with Crippen LogP contribution in [-0.4, -0.2) is 5.91 Å². The highest BCUT2D eigenvalue weighted by Gasteiger charge is 2.13. The third kappa shape index (κ3) is 3.30. The van der Waals surface area contributed by atoms with Gasteiger partial charge in [-0.1, -0.05) is 11.6 Å². The predicted molar refractivity (Wildman–Crippen MR) is 73.5 cm³/mol. The quantitative estimate of drug-likeness (QED) is 0.844. The largest absolute Gasteiger partial charge is 0.322 e. The number of rotatable bonds is 2. The molecule has 0 spiro atoms. The molecule has 1 amide bonds. The van der Waals surface area contributed by atoms with Crippen LogP contribution in [0.15, 0.2) is 40.9 Å². The molecule has 2 aromatic rings. The van der Waals surface area contributed by atoms with Crippen LogP contribution in [0.1, 0.15) is 10.4 Å². The Kier molecular flexibility index (Phi) is 4.17. The molecule has 0 unspecified atom stereocenters. The van der Waals surface area contributed by atoms with Gasteiger partial charge < -0.3 is 5.32 Å². The summed E-state index contributed by atoms with van der Waals surface area (Å²) < 4.78 is 27.1. The van der Waals surface area contributed by atoms with Gasteiger partial charge in [0.15, 0.2) is 0 Å². The minimum Gasteiger partial charge on any atom is -0.322 e. The van der Waals surface area contributed by atoms with Crippen molar-refractivity contribution in [1.29, 1.82) is 0 Å². The van der Waals surface area contributed by atoms with Crippen molar-refractivity contribution >= 4 is 39.1 Å². The van der Waals surface area contributed by atoms with Gasteiger partial charge in [0.2, 0.25) is 0 Å². The molecule has 0 atom stereocenters. The van der Waals surface area contributed by atoms with E-state index < -0.39 is 17.5 Å². The van der Waals surface area contributed by atoms with Gasteiger partial charge >= 0.3 is 0 Å². The van der Waals surface area contributed by atoms with Gasteiger partial charge in [0.1, 0.15) is 11.6 Å². The molecule has 2 nitrogen and oxygen atoms in total. The summed E-state index contributed by atoms with van der Waals surface area (Å²) in [6, 6.07) is 7.41. The zero-order valence-corrected chi connectivity index (χ0v) is 11.7. The van der Waals surface area contributed by atoms with E-state index in [9.17, 15) is 13.6 Å². The number of carbonyl (C=O) groups excluding carboxylic acids is 1. The van der Waals surface area contributed by atoms with Gasteiger partial charge in [-0.05, 0) is 52.3 Å². The van der Waals surface area contributed by atoms with Crippen molar-refractivity contribution < 1.29 is 13.6 Å². The van der Waals surface area contributed by atoms with Crippen molar-refractivity contribution in [1.82, 2.24) is 0 Å². The Morgan fingerprint density at radius 1 is 1.16 bits per heavy atom. The highest BCUT2D eigenvalue weighted by molar-refractivity contribution is 9.10. The molecule has 6 heteroatoms. The van der Waals surface area contributed by atoms with Gasteiger partial charge in [0.25, 0.3) is 5.91 Å². The van der Waals surface area contributed by atoms with E-state index in [1.54, 1.807) is 12.1 Å². The van der Waals surface area contributed by atoms with Gasteiger partial charge in [0.05, 0.1) is 10.6 Å². The maximum atomic E-state index is 13.4. The SMILES string of the molecule is O=C(Nc1ccc(Br)c(Cl)c1)c1cc(F)ccc1F. The lowest BCUT2D eigenvalue weighted by atomic mass is 10.2. The molecule has 98 valence electrons. The molecule has 0 aliphatic rings. The normalized spacial score (nSPS) is 10.3. The Hall–Kier alpha value is -1.46. The Labute approximate surface area is 121 Å². The van der Waals surface area contributed by atoms with E-state index in [1.165, 1.54) is 6.07 Å². The number of hydrogen-bond acceptors (Lipinski definition) is 1. The molecular weight excluding hydrogens is 340 g/mol. The fraction of sp³-hybridized carbons (Fsp3) is 0. The fourth-order valence-corrected chi connectivity index (χ4v) is 1.87. The van der Waals surface area contributed by atoms with Gasteiger partial charge in [-0.15, -0.1) is 0 Å². The van der Waals surface area contributed by atoms with Crippen LogP contribution in [0.25, 0.3) is 0 Å². The van der Waals surface area contributed by atoms with E-state index in [2.05, 4.69) is 21.2 Å². The Balaban J connectivity index is 2.25.